The Bertz CT molecular complexity index is 543. The normalized spacial score (nSPS) is 11.1. The number of hydrogen-bond donors (Lipinski definition) is 0. The van der Waals surface area contributed by atoms with E-state index in [4.69, 9.17) is 9.15 Å². The van der Waals surface area contributed by atoms with Crippen molar-refractivity contribution in [2.75, 3.05) is 6.61 Å². The van der Waals surface area contributed by atoms with Gasteiger partial charge in [0.2, 0.25) is 5.71 Å². The zero-order valence-electron chi connectivity index (χ0n) is 10.2. The highest BCUT2D eigenvalue weighted by molar-refractivity contribution is 6.03. The molecule has 0 aliphatic rings. The summed E-state index contributed by atoms with van der Waals surface area (Å²) in [5, 5.41) is 0.717. The van der Waals surface area contributed by atoms with Gasteiger partial charge >= 0.3 is 5.97 Å². The van der Waals surface area contributed by atoms with Gasteiger partial charge in [0.15, 0.2) is 0 Å². The fraction of sp³-hybridized carbons (Fsp3) is 0.385. The van der Waals surface area contributed by atoms with E-state index in [1.165, 1.54) is 0 Å². The number of esters is 1. The van der Waals surface area contributed by atoms with Crippen molar-refractivity contribution in [2.45, 2.75) is 26.7 Å². The Labute approximate surface area is 99.6 Å². The van der Waals surface area contributed by atoms with Gasteiger partial charge in [0.05, 0.1) is 12.0 Å². The number of furan rings is 1. The Balaban J connectivity index is 2.63. The fourth-order valence-corrected chi connectivity index (χ4v) is 1.77. The molecule has 0 saturated carbocycles. The zero-order chi connectivity index (χ0) is 12.4. The highest BCUT2D eigenvalue weighted by Crippen LogP contribution is 2.30. The molecule has 90 valence electrons. The molecular weight excluding hydrogens is 218 g/mol. The third-order valence-electron chi connectivity index (χ3n) is 2.50. The lowest BCUT2D eigenvalue weighted by Crippen LogP contribution is -2.07. The van der Waals surface area contributed by atoms with Crippen LogP contribution in [-0.4, -0.2) is 17.6 Å². The molecule has 2 aromatic heterocycles. The number of rotatable bonds is 3. The van der Waals surface area contributed by atoms with Crippen LogP contribution in [0.1, 0.15) is 42.8 Å². The minimum atomic E-state index is -0.344. The van der Waals surface area contributed by atoms with Crippen molar-refractivity contribution in [1.82, 2.24) is 4.98 Å². The molecule has 0 atom stereocenters. The van der Waals surface area contributed by atoms with Crippen molar-refractivity contribution in [2.24, 2.45) is 0 Å². The first-order valence-corrected chi connectivity index (χ1v) is 5.69. The molecule has 0 amide bonds. The number of ether oxygens (including phenoxy) is 1. The van der Waals surface area contributed by atoms with Crippen LogP contribution in [0, 0.1) is 0 Å². The van der Waals surface area contributed by atoms with Crippen LogP contribution in [0.15, 0.2) is 22.7 Å². The van der Waals surface area contributed by atoms with Crippen LogP contribution < -0.4 is 0 Å². The lowest BCUT2D eigenvalue weighted by molar-refractivity contribution is 0.0525. The fourth-order valence-electron chi connectivity index (χ4n) is 1.77. The summed E-state index contributed by atoms with van der Waals surface area (Å²) in [5.41, 5.74) is 0.990. The van der Waals surface area contributed by atoms with Crippen LogP contribution in [0.2, 0.25) is 0 Å². The molecule has 0 saturated heterocycles. The van der Waals surface area contributed by atoms with Crippen molar-refractivity contribution in [3.8, 4) is 0 Å². The molecular formula is C13H15NO3. The van der Waals surface area contributed by atoms with Crippen LogP contribution in [0.4, 0.5) is 0 Å². The summed E-state index contributed by atoms with van der Waals surface area (Å²) in [6, 6.07) is 3.61. The molecule has 4 heteroatoms. The molecule has 2 rings (SSSR count). The minimum Gasteiger partial charge on any atom is -0.462 e. The summed E-state index contributed by atoms with van der Waals surface area (Å²) in [6.07, 6.45) is 1.64. The Morgan fingerprint density at radius 1 is 1.53 bits per heavy atom. The molecule has 0 aromatic carbocycles. The molecule has 2 aromatic rings. The summed E-state index contributed by atoms with van der Waals surface area (Å²) in [4.78, 5) is 16.0. The van der Waals surface area contributed by atoms with Crippen molar-refractivity contribution in [3.63, 3.8) is 0 Å². The maximum absolute atomic E-state index is 11.9. The molecule has 0 aliphatic carbocycles. The summed E-state index contributed by atoms with van der Waals surface area (Å²) < 4.78 is 10.7. The maximum Gasteiger partial charge on any atom is 0.342 e. The van der Waals surface area contributed by atoms with Gasteiger partial charge in [-0.25, -0.2) is 9.78 Å². The van der Waals surface area contributed by atoms with Gasteiger partial charge in [-0.2, -0.15) is 0 Å². The van der Waals surface area contributed by atoms with Crippen LogP contribution in [-0.2, 0) is 4.74 Å². The van der Waals surface area contributed by atoms with E-state index in [0.29, 0.717) is 23.6 Å². The molecule has 4 nitrogen and oxygen atoms in total. The molecule has 17 heavy (non-hydrogen) atoms. The van der Waals surface area contributed by atoms with E-state index in [1.807, 2.05) is 19.9 Å². The van der Waals surface area contributed by atoms with Gasteiger partial charge in [-0.05, 0) is 19.1 Å². The molecule has 0 N–H and O–H groups in total. The van der Waals surface area contributed by atoms with Crippen molar-refractivity contribution in [1.29, 1.82) is 0 Å². The lowest BCUT2D eigenvalue weighted by atomic mass is 10.0. The van der Waals surface area contributed by atoms with Gasteiger partial charge in [0.25, 0.3) is 0 Å². The third kappa shape index (κ3) is 2.02. The number of nitrogens with zero attached hydrogens (tertiary/aromatic N) is 1. The second-order valence-electron chi connectivity index (χ2n) is 4.07. The van der Waals surface area contributed by atoms with Crippen molar-refractivity contribution >= 4 is 17.1 Å². The van der Waals surface area contributed by atoms with Crippen LogP contribution >= 0.6 is 0 Å². The predicted octanol–water partition coefficient (Wildman–Crippen LogP) is 3.13. The first-order valence-electron chi connectivity index (χ1n) is 5.69. The number of aromatic nitrogens is 1. The number of pyridine rings is 1. The topological polar surface area (TPSA) is 52.3 Å². The third-order valence-corrected chi connectivity index (χ3v) is 2.50. The number of fused-ring (bicyclic) bond motifs is 1. The van der Waals surface area contributed by atoms with E-state index < -0.39 is 0 Å². The molecule has 0 unspecified atom stereocenters. The van der Waals surface area contributed by atoms with Gasteiger partial charge in [0, 0.05) is 12.1 Å². The molecule has 0 bridgehead atoms. The van der Waals surface area contributed by atoms with Gasteiger partial charge in [-0.3, -0.25) is 0 Å². The van der Waals surface area contributed by atoms with Gasteiger partial charge < -0.3 is 9.15 Å². The smallest absolute Gasteiger partial charge is 0.342 e. The van der Waals surface area contributed by atoms with Gasteiger partial charge in [-0.15, -0.1) is 0 Å². The van der Waals surface area contributed by atoms with Crippen molar-refractivity contribution in [3.05, 3.63) is 29.7 Å². The predicted molar refractivity (Wildman–Crippen MR) is 64.1 cm³/mol. The molecule has 0 aliphatic heterocycles. The number of carbonyl (C=O) groups is 1. The van der Waals surface area contributed by atoms with Gasteiger partial charge in [0.1, 0.15) is 11.3 Å². The molecule has 0 radical (unpaired) electrons. The number of carbonyl (C=O) groups excluding carboxylic acids is 1. The second-order valence-corrected chi connectivity index (χ2v) is 4.07. The van der Waals surface area contributed by atoms with E-state index in [9.17, 15) is 4.79 Å². The first-order chi connectivity index (χ1) is 8.15. The summed E-state index contributed by atoms with van der Waals surface area (Å²) in [6.45, 7) is 6.08. The van der Waals surface area contributed by atoms with E-state index in [2.05, 4.69) is 4.98 Å². The zero-order valence-corrected chi connectivity index (χ0v) is 10.2. The quantitative estimate of drug-likeness (QED) is 0.764. The number of hydrogen-bond acceptors (Lipinski definition) is 4. The van der Waals surface area contributed by atoms with Crippen LogP contribution in [0.3, 0.4) is 0 Å². The SMILES string of the molecule is CCOC(=O)c1c(C(C)C)oc2ncccc12. The average Bonchev–Trinajstić information content (AvgIpc) is 2.68. The van der Waals surface area contributed by atoms with Gasteiger partial charge in [-0.1, -0.05) is 13.8 Å². The molecule has 0 spiro atoms. The molecule has 0 fully saturated rings. The van der Waals surface area contributed by atoms with Crippen molar-refractivity contribution < 1.29 is 13.9 Å². The maximum atomic E-state index is 11.9. The lowest BCUT2D eigenvalue weighted by Gasteiger charge is -2.04. The minimum absolute atomic E-state index is 0.114. The first kappa shape index (κ1) is 11.6. The standard InChI is InChI=1S/C13H15NO3/c1-4-16-13(15)10-9-6-5-7-14-12(9)17-11(10)8(2)3/h5-8H,4H2,1-3H3. The Morgan fingerprint density at radius 2 is 2.29 bits per heavy atom. The largest absolute Gasteiger partial charge is 0.462 e. The average molecular weight is 233 g/mol. The highest BCUT2D eigenvalue weighted by Gasteiger charge is 2.23. The Hall–Kier alpha value is -1.84. The van der Waals surface area contributed by atoms with E-state index in [0.717, 1.165) is 5.39 Å². The Morgan fingerprint density at radius 3 is 2.94 bits per heavy atom. The summed E-state index contributed by atoms with van der Waals surface area (Å²) >= 11 is 0. The summed E-state index contributed by atoms with van der Waals surface area (Å²) in [7, 11) is 0. The monoisotopic (exact) mass is 233 g/mol. The summed E-state index contributed by atoms with van der Waals surface area (Å²) in [5.74, 6) is 0.406. The van der Waals surface area contributed by atoms with Crippen LogP contribution in [0.5, 0.6) is 0 Å². The highest BCUT2D eigenvalue weighted by atomic mass is 16.5. The van der Waals surface area contributed by atoms with E-state index in [-0.39, 0.29) is 11.9 Å². The van der Waals surface area contributed by atoms with E-state index in [1.54, 1.807) is 19.2 Å². The van der Waals surface area contributed by atoms with Crippen LogP contribution in [0.25, 0.3) is 11.1 Å². The molecule has 2 heterocycles. The second kappa shape index (κ2) is 4.57. The Kier molecular flexibility index (Phi) is 3.13. The van der Waals surface area contributed by atoms with E-state index >= 15 is 0 Å².